The van der Waals surface area contributed by atoms with Gasteiger partial charge in [0.05, 0.1) is 6.61 Å². The number of ether oxygens (including phenoxy) is 2. The second kappa shape index (κ2) is 6.44. The summed E-state index contributed by atoms with van der Waals surface area (Å²) in [4.78, 5) is 22.1. The molecule has 5 nitrogen and oxygen atoms in total. The smallest absolute Gasteiger partial charge is 0.407 e. The van der Waals surface area contributed by atoms with E-state index in [9.17, 15) is 9.59 Å². The number of esters is 1. The molecule has 1 aromatic carbocycles. The summed E-state index contributed by atoms with van der Waals surface area (Å²) in [5, 5.41) is 2.27. The van der Waals surface area contributed by atoms with Gasteiger partial charge in [-0.3, -0.25) is 0 Å². The Morgan fingerprint density at radius 2 is 1.94 bits per heavy atom. The average Bonchev–Trinajstić information content (AvgIpc) is 2.28. The van der Waals surface area contributed by atoms with Gasteiger partial charge in [-0.05, 0) is 19.1 Å². The van der Waals surface area contributed by atoms with Crippen LogP contribution in [0.2, 0.25) is 0 Å². The fraction of sp³-hybridized carbons (Fsp3) is 0.273. The molecule has 0 atom stereocenters. The number of para-hydroxylation sites is 1. The largest absolute Gasteiger partial charge is 0.450 e. The van der Waals surface area contributed by atoms with Crippen LogP contribution in [0, 0.1) is 0 Å². The van der Waals surface area contributed by atoms with Crippen molar-refractivity contribution in [3.63, 3.8) is 0 Å². The lowest BCUT2D eigenvalue weighted by molar-refractivity contribution is -0.133. The summed E-state index contributed by atoms with van der Waals surface area (Å²) >= 11 is 0. The molecule has 1 N–H and O–H groups in total. The lowest BCUT2D eigenvalue weighted by Crippen LogP contribution is -2.32. The summed E-state index contributed by atoms with van der Waals surface area (Å²) in [6.45, 7) is 1.73. The average molecular weight is 223 g/mol. The SMILES string of the molecule is CCOC(=O)NCC(=O)Oc1ccccc1. The van der Waals surface area contributed by atoms with Crippen LogP contribution in [-0.4, -0.2) is 25.2 Å². The molecule has 0 radical (unpaired) electrons. The van der Waals surface area contributed by atoms with E-state index in [0.29, 0.717) is 5.75 Å². The summed E-state index contributed by atoms with van der Waals surface area (Å²) in [6.07, 6.45) is -0.632. The predicted octanol–water partition coefficient (Wildman–Crippen LogP) is 1.34. The van der Waals surface area contributed by atoms with Gasteiger partial charge in [0.15, 0.2) is 0 Å². The van der Waals surface area contributed by atoms with Crippen molar-refractivity contribution in [1.82, 2.24) is 5.32 Å². The Bertz CT molecular complexity index is 350. The molecule has 0 heterocycles. The van der Waals surface area contributed by atoms with Crippen molar-refractivity contribution in [2.75, 3.05) is 13.2 Å². The third-order valence-corrected chi connectivity index (χ3v) is 1.63. The molecule has 86 valence electrons. The number of rotatable bonds is 4. The molecule has 0 bridgehead atoms. The topological polar surface area (TPSA) is 64.6 Å². The van der Waals surface area contributed by atoms with Crippen LogP contribution < -0.4 is 10.1 Å². The van der Waals surface area contributed by atoms with Gasteiger partial charge in [-0.2, -0.15) is 0 Å². The fourth-order valence-corrected chi connectivity index (χ4v) is 0.983. The van der Waals surface area contributed by atoms with Crippen LogP contribution in [-0.2, 0) is 9.53 Å². The van der Waals surface area contributed by atoms with Crippen molar-refractivity contribution < 1.29 is 19.1 Å². The molecule has 1 amide bonds. The molecule has 0 aliphatic heterocycles. The van der Waals surface area contributed by atoms with Crippen molar-refractivity contribution in [1.29, 1.82) is 0 Å². The lowest BCUT2D eigenvalue weighted by atomic mass is 10.3. The molecule has 0 aliphatic carbocycles. The van der Waals surface area contributed by atoms with Gasteiger partial charge in [-0.1, -0.05) is 18.2 Å². The van der Waals surface area contributed by atoms with Gasteiger partial charge in [0, 0.05) is 0 Å². The van der Waals surface area contributed by atoms with Crippen LogP contribution in [0.25, 0.3) is 0 Å². The van der Waals surface area contributed by atoms with Gasteiger partial charge in [-0.25, -0.2) is 9.59 Å². The highest BCUT2D eigenvalue weighted by molar-refractivity contribution is 5.79. The molecule has 16 heavy (non-hydrogen) atoms. The molecule has 1 aromatic rings. The molecular formula is C11H13NO4. The first-order valence-electron chi connectivity index (χ1n) is 4.88. The summed E-state index contributed by atoms with van der Waals surface area (Å²) in [5.74, 6) is -0.0996. The number of benzene rings is 1. The van der Waals surface area contributed by atoms with Gasteiger partial charge >= 0.3 is 12.1 Å². The summed E-state index contributed by atoms with van der Waals surface area (Å²) in [6, 6.07) is 8.63. The highest BCUT2D eigenvalue weighted by atomic mass is 16.6. The molecule has 1 rings (SSSR count). The quantitative estimate of drug-likeness (QED) is 0.618. The number of hydrogen-bond donors (Lipinski definition) is 1. The number of carbonyl (C=O) groups is 2. The summed E-state index contributed by atoms with van der Waals surface area (Å²) < 4.78 is 9.52. The predicted molar refractivity (Wildman–Crippen MR) is 57.1 cm³/mol. The Morgan fingerprint density at radius 1 is 1.25 bits per heavy atom. The van der Waals surface area contributed by atoms with Gasteiger partial charge in [-0.15, -0.1) is 0 Å². The molecule has 0 aliphatic rings. The van der Waals surface area contributed by atoms with Crippen LogP contribution in [0.4, 0.5) is 4.79 Å². The van der Waals surface area contributed by atoms with Crippen LogP contribution in [0.1, 0.15) is 6.92 Å². The Morgan fingerprint density at radius 3 is 2.56 bits per heavy atom. The second-order valence-electron chi connectivity index (χ2n) is 2.86. The van der Waals surface area contributed by atoms with Crippen molar-refractivity contribution in [3.8, 4) is 5.75 Å². The first-order valence-corrected chi connectivity index (χ1v) is 4.88. The van der Waals surface area contributed by atoms with E-state index in [1.54, 1.807) is 31.2 Å². The summed E-state index contributed by atoms with van der Waals surface area (Å²) in [7, 11) is 0. The van der Waals surface area contributed by atoms with Crippen molar-refractivity contribution in [2.24, 2.45) is 0 Å². The minimum absolute atomic E-state index is 0.215. The fourth-order valence-electron chi connectivity index (χ4n) is 0.983. The molecule has 0 aromatic heterocycles. The number of nitrogens with one attached hydrogen (secondary N) is 1. The second-order valence-corrected chi connectivity index (χ2v) is 2.86. The molecule has 0 saturated heterocycles. The zero-order valence-corrected chi connectivity index (χ0v) is 8.93. The maximum absolute atomic E-state index is 11.2. The normalized spacial score (nSPS) is 9.31. The maximum Gasteiger partial charge on any atom is 0.407 e. The minimum atomic E-state index is -0.632. The molecule has 0 unspecified atom stereocenters. The minimum Gasteiger partial charge on any atom is -0.450 e. The van der Waals surface area contributed by atoms with E-state index in [4.69, 9.17) is 4.74 Å². The summed E-state index contributed by atoms with van der Waals surface area (Å²) in [5.41, 5.74) is 0. The van der Waals surface area contributed by atoms with E-state index in [-0.39, 0.29) is 13.2 Å². The molecular weight excluding hydrogens is 210 g/mol. The number of carbonyl (C=O) groups excluding carboxylic acids is 2. The van der Waals surface area contributed by atoms with E-state index in [1.165, 1.54) is 0 Å². The van der Waals surface area contributed by atoms with Gasteiger partial charge in [0.1, 0.15) is 12.3 Å². The van der Waals surface area contributed by atoms with E-state index in [2.05, 4.69) is 10.1 Å². The first kappa shape index (κ1) is 12.0. The highest BCUT2D eigenvalue weighted by Crippen LogP contribution is 2.07. The molecule has 5 heteroatoms. The number of hydrogen-bond acceptors (Lipinski definition) is 4. The lowest BCUT2D eigenvalue weighted by Gasteiger charge is -2.05. The number of alkyl carbamates (subject to hydrolysis) is 1. The maximum atomic E-state index is 11.2. The number of amides is 1. The Kier molecular flexibility index (Phi) is 4.85. The molecule has 0 fully saturated rings. The van der Waals surface area contributed by atoms with E-state index >= 15 is 0 Å². The van der Waals surface area contributed by atoms with Crippen LogP contribution in [0.15, 0.2) is 30.3 Å². The standard InChI is InChI=1S/C11H13NO4/c1-2-15-11(14)12-8-10(13)16-9-6-4-3-5-7-9/h3-7H,2,8H2,1H3,(H,12,14). The third-order valence-electron chi connectivity index (χ3n) is 1.63. The van der Waals surface area contributed by atoms with Crippen LogP contribution in [0.5, 0.6) is 5.75 Å². The Balaban J connectivity index is 2.29. The van der Waals surface area contributed by atoms with Crippen molar-refractivity contribution >= 4 is 12.1 Å². The Hall–Kier alpha value is -2.04. The van der Waals surface area contributed by atoms with Crippen molar-refractivity contribution in [3.05, 3.63) is 30.3 Å². The first-order chi connectivity index (χ1) is 7.72. The van der Waals surface area contributed by atoms with Crippen LogP contribution in [0.3, 0.4) is 0 Å². The van der Waals surface area contributed by atoms with Gasteiger partial charge in [0.2, 0.25) is 0 Å². The van der Waals surface area contributed by atoms with E-state index < -0.39 is 12.1 Å². The highest BCUT2D eigenvalue weighted by Gasteiger charge is 2.07. The van der Waals surface area contributed by atoms with Gasteiger partial charge in [0.25, 0.3) is 0 Å². The third kappa shape index (κ3) is 4.45. The Labute approximate surface area is 93.4 Å². The van der Waals surface area contributed by atoms with Gasteiger partial charge < -0.3 is 14.8 Å². The van der Waals surface area contributed by atoms with E-state index in [0.717, 1.165) is 0 Å². The van der Waals surface area contributed by atoms with Crippen molar-refractivity contribution in [2.45, 2.75) is 6.92 Å². The van der Waals surface area contributed by atoms with E-state index in [1.807, 2.05) is 6.07 Å². The zero-order chi connectivity index (χ0) is 11.8. The zero-order valence-electron chi connectivity index (χ0n) is 8.93. The molecule has 0 spiro atoms. The monoisotopic (exact) mass is 223 g/mol. The van der Waals surface area contributed by atoms with Crippen LogP contribution >= 0.6 is 0 Å². The molecule has 0 saturated carbocycles.